The Hall–Kier alpha value is -3.75. The molecule has 8 nitrogen and oxygen atoms in total. The van der Waals surface area contributed by atoms with Gasteiger partial charge in [-0.3, -0.25) is 9.59 Å². The number of hydrogen-bond acceptors (Lipinski definition) is 6. The Bertz CT molecular complexity index is 1000. The Morgan fingerprint density at radius 2 is 1.81 bits per heavy atom. The average molecular weight is 426 g/mol. The van der Waals surface area contributed by atoms with Crippen molar-refractivity contribution in [1.82, 2.24) is 15.5 Å². The van der Waals surface area contributed by atoms with Crippen LogP contribution >= 0.6 is 0 Å². The molecule has 0 aliphatic rings. The molecule has 0 saturated heterocycles. The summed E-state index contributed by atoms with van der Waals surface area (Å²) in [7, 11) is 0. The van der Waals surface area contributed by atoms with Crippen molar-refractivity contribution in [3.05, 3.63) is 60.2 Å². The van der Waals surface area contributed by atoms with Gasteiger partial charge in [0.2, 0.25) is 23.5 Å². The second-order valence-electron chi connectivity index (χ2n) is 6.65. The van der Waals surface area contributed by atoms with Crippen LogP contribution in [0.25, 0.3) is 11.4 Å². The van der Waals surface area contributed by atoms with Crippen LogP contribution in [0, 0.1) is 5.82 Å². The number of rotatable bonds is 10. The molecule has 0 saturated carbocycles. The van der Waals surface area contributed by atoms with Crippen LogP contribution in [0.15, 0.2) is 53.1 Å². The van der Waals surface area contributed by atoms with Crippen molar-refractivity contribution in [3.8, 4) is 17.1 Å². The first-order valence-electron chi connectivity index (χ1n) is 9.91. The summed E-state index contributed by atoms with van der Waals surface area (Å²) in [4.78, 5) is 28.2. The number of carbonyl (C=O) groups is 2. The van der Waals surface area contributed by atoms with Crippen LogP contribution in [-0.4, -0.2) is 35.1 Å². The van der Waals surface area contributed by atoms with E-state index >= 15 is 0 Å². The second kappa shape index (κ2) is 10.9. The Morgan fingerprint density at radius 3 is 2.52 bits per heavy atom. The summed E-state index contributed by atoms with van der Waals surface area (Å²) in [6, 6.07) is 12.8. The lowest BCUT2D eigenvalue weighted by Crippen LogP contribution is -2.32. The minimum absolute atomic E-state index is 0.124. The number of halogens is 1. The van der Waals surface area contributed by atoms with Gasteiger partial charge in [0.05, 0.1) is 13.2 Å². The summed E-state index contributed by atoms with van der Waals surface area (Å²) >= 11 is 0. The van der Waals surface area contributed by atoms with Crippen molar-refractivity contribution < 1.29 is 23.2 Å². The van der Waals surface area contributed by atoms with E-state index < -0.39 is 0 Å². The zero-order valence-electron chi connectivity index (χ0n) is 17.1. The fourth-order valence-corrected chi connectivity index (χ4v) is 2.75. The molecule has 0 bridgehead atoms. The van der Waals surface area contributed by atoms with E-state index in [2.05, 4.69) is 20.8 Å². The third-order valence-corrected chi connectivity index (χ3v) is 4.26. The molecule has 0 aliphatic heterocycles. The van der Waals surface area contributed by atoms with Crippen molar-refractivity contribution in [3.63, 3.8) is 0 Å². The molecule has 0 fully saturated rings. The average Bonchev–Trinajstić information content (AvgIpc) is 3.23. The fraction of sp³-hybridized carbons (Fsp3) is 0.273. The van der Waals surface area contributed by atoms with Crippen molar-refractivity contribution in [1.29, 1.82) is 0 Å². The monoisotopic (exact) mass is 426 g/mol. The maximum Gasteiger partial charge on any atom is 0.243 e. The molecule has 162 valence electrons. The van der Waals surface area contributed by atoms with Gasteiger partial charge in [-0.1, -0.05) is 5.16 Å². The predicted molar refractivity (Wildman–Crippen MR) is 112 cm³/mol. The quantitative estimate of drug-likeness (QED) is 0.515. The minimum atomic E-state index is -0.341. The van der Waals surface area contributed by atoms with Gasteiger partial charge in [0.15, 0.2) is 0 Å². The summed E-state index contributed by atoms with van der Waals surface area (Å²) in [5.41, 5.74) is 1.27. The van der Waals surface area contributed by atoms with Crippen molar-refractivity contribution in [2.24, 2.45) is 0 Å². The predicted octanol–water partition coefficient (Wildman–Crippen LogP) is 3.35. The molecular weight excluding hydrogens is 403 g/mol. The first kappa shape index (κ1) is 21.9. The third-order valence-electron chi connectivity index (χ3n) is 4.26. The SMILES string of the molecule is CCOc1ccc(NC(=O)CNC(=O)CCCc2nc(-c3ccc(F)cc3)no2)cc1. The molecule has 2 N–H and O–H groups in total. The highest BCUT2D eigenvalue weighted by Gasteiger charge is 2.11. The highest BCUT2D eigenvalue weighted by molar-refractivity contribution is 5.94. The molecule has 1 heterocycles. The number of carbonyl (C=O) groups excluding carboxylic acids is 2. The summed E-state index contributed by atoms with van der Waals surface area (Å²) in [6.07, 6.45) is 1.11. The Morgan fingerprint density at radius 1 is 1.06 bits per heavy atom. The molecule has 0 aliphatic carbocycles. The Labute approximate surface area is 178 Å². The normalized spacial score (nSPS) is 10.5. The van der Waals surface area contributed by atoms with Crippen LogP contribution in [0.4, 0.5) is 10.1 Å². The van der Waals surface area contributed by atoms with Gasteiger partial charge in [0.1, 0.15) is 11.6 Å². The summed E-state index contributed by atoms with van der Waals surface area (Å²) < 4.78 is 23.5. The van der Waals surface area contributed by atoms with Crippen molar-refractivity contribution in [2.45, 2.75) is 26.2 Å². The van der Waals surface area contributed by atoms with Crippen LogP contribution in [-0.2, 0) is 16.0 Å². The highest BCUT2D eigenvalue weighted by Crippen LogP contribution is 2.17. The fourth-order valence-electron chi connectivity index (χ4n) is 2.75. The van der Waals surface area contributed by atoms with Crippen LogP contribution in [0.3, 0.4) is 0 Å². The maximum atomic E-state index is 13.0. The van der Waals surface area contributed by atoms with Crippen LogP contribution in [0.2, 0.25) is 0 Å². The lowest BCUT2D eigenvalue weighted by molar-refractivity contribution is -0.124. The topological polar surface area (TPSA) is 106 Å². The van der Waals surface area contributed by atoms with Crippen molar-refractivity contribution in [2.75, 3.05) is 18.5 Å². The smallest absolute Gasteiger partial charge is 0.243 e. The number of anilines is 1. The number of benzene rings is 2. The Balaban J connectivity index is 1.35. The van der Waals surface area contributed by atoms with Gasteiger partial charge in [-0.05, 0) is 61.9 Å². The summed E-state index contributed by atoms with van der Waals surface area (Å²) in [5, 5.41) is 9.14. The van der Waals surface area contributed by atoms with Gasteiger partial charge in [0, 0.05) is 24.1 Å². The van der Waals surface area contributed by atoms with Crippen LogP contribution in [0.5, 0.6) is 5.75 Å². The molecule has 0 spiro atoms. The van der Waals surface area contributed by atoms with Gasteiger partial charge in [-0.25, -0.2) is 4.39 Å². The zero-order chi connectivity index (χ0) is 22.1. The molecule has 0 radical (unpaired) electrons. The van der Waals surface area contributed by atoms with E-state index in [1.807, 2.05) is 6.92 Å². The maximum absolute atomic E-state index is 13.0. The van der Waals surface area contributed by atoms with E-state index in [1.54, 1.807) is 36.4 Å². The number of nitrogens with zero attached hydrogens (tertiary/aromatic N) is 2. The first-order valence-corrected chi connectivity index (χ1v) is 9.91. The first-order chi connectivity index (χ1) is 15.0. The molecule has 0 atom stereocenters. The summed E-state index contributed by atoms with van der Waals surface area (Å²) in [5.74, 6) is 0.565. The second-order valence-corrected chi connectivity index (χ2v) is 6.65. The molecule has 3 rings (SSSR count). The molecule has 31 heavy (non-hydrogen) atoms. The molecule has 1 aromatic heterocycles. The minimum Gasteiger partial charge on any atom is -0.494 e. The zero-order valence-corrected chi connectivity index (χ0v) is 17.1. The molecule has 3 aromatic rings. The van der Waals surface area contributed by atoms with Crippen molar-refractivity contribution >= 4 is 17.5 Å². The summed E-state index contributed by atoms with van der Waals surface area (Å²) in [6.45, 7) is 2.34. The van der Waals surface area contributed by atoms with E-state index in [1.165, 1.54) is 12.1 Å². The van der Waals surface area contributed by atoms with Gasteiger partial charge >= 0.3 is 0 Å². The number of hydrogen-bond donors (Lipinski definition) is 2. The lowest BCUT2D eigenvalue weighted by Gasteiger charge is -2.08. The van der Waals surface area contributed by atoms with E-state index in [9.17, 15) is 14.0 Å². The molecule has 9 heteroatoms. The number of nitrogens with one attached hydrogen (secondary N) is 2. The molecular formula is C22H23FN4O4. The van der Waals surface area contributed by atoms with Gasteiger partial charge in [-0.15, -0.1) is 0 Å². The van der Waals surface area contributed by atoms with Gasteiger partial charge in [0.25, 0.3) is 0 Å². The standard InChI is InChI=1S/C22H23FN4O4/c1-2-30-18-12-10-17(11-13-18)25-20(29)14-24-19(28)4-3-5-21-26-22(27-31-21)15-6-8-16(23)9-7-15/h6-13H,2-5,14H2,1H3,(H,24,28)(H,25,29). The van der Waals surface area contributed by atoms with Gasteiger partial charge in [-0.2, -0.15) is 4.98 Å². The Kier molecular flexibility index (Phi) is 7.69. The van der Waals surface area contributed by atoms with Crippen LogP contribution < -0.4 is 15.4 Å². The van der Waals surface area contributed by atoms with E-state index in [0.717, 1.165) is 5.75 Å². The molecule has 0 unspecified atom stereocenters. The van der Waals surface area contributed by atoms with Crippen LogP contribution in [0.1, 0.15) is 25.7 Å². The molecule has 2 amide bonds. The number of ether oxygens (including phenoxy) is 1. The highest BCUT2D eigenvalue weighted by atomic mass is 19.1. The number of amides is 2. The number of aryl methyl sites for hydroxylation is 1. The largest absolute Gasteiger partial charge is 0.494 e. The third kappa shape index (κ3) is 6.91. The van der Waals surface area contributed by atoms with E-state index in [-0.39, 0.29) is 30.6 Å². The molecule has 2 aromatic carbocycles. The lowest BCUT2D eigenvalue weighted by atomic mass is 10.2. The van der Waals surface area contributed by atoms with E-state index in [0.29, 0.717) is 42.4 Å². The van der Waals surface area contributed by atoms with Gasteiger partial charge < -0.3 is 19.9 Å². The van der Waals surface area contributed by atoms with E-state index in [4.69, 9.17) is 9.26 Å². The number of aromatic nitrogens is 2.